The SMILES string of the molecule is CCC(Cc1c[nH]c2ccccc12)N=Cc1c(O)n(-c2ccc(I)cc2)c(=O)[nH]c1=O. The second-order valence-corrected chi connectivity index (χ2v) is 8.46. The Balaban J connectivity index is 1.67. The minimum Gasteiger partial charge on any atom is -0.493 e. The molecule has 1 unspecified atom stereocenters. The van der Waals surface area contributed by atoms with Crippen LogP contribution in [0.1, 0.15) is 24.5 Å². The highest BCUT2D eigenvalue weighted by molar-refractivity contribution is 14.1. The number of benzene rings is 2. The second kappa shape index (κ2) is 8.93. The first-order valence-electron chi connectivity index (χ1n) is 9.90. The van der Waals surface area contributed by atoms with Crippen LogP contribution in [0.15, 0.2) is 69.3 Å². The van der Waals surface area contributed by atoms with Gasteiger partial charge in [0.15, 0.2) is 0 Å². The van der Waals surface area contributed by atoms with Gasteiger partial charge in [0.05, 0.1) is 11.7 Å². The number of hydrogen-bond donors (Lipinski definition) is 3. The molecule has 0 amide bonds. The van der Waals surface area contributed by atoms with Crippen molar-refractivity contribution >= 4 is 39.7 Å². The molecular weight excluding hydrogens is 507 g/mol. The van der Waals surface area contributed by atoms with Gasteiger partial charge < -0.3 is 10.1 Å². The number of aromatic hydroxyl groups is 1. The van der Waals surface area contributed by atoms with E-state index in [-0.39, 0.29) is 11.6 Å². The van der Waals surface area contributed by atoms with E-state index in [9.17, 15) is 14.7 Å². The molecule has 2 heterocycles. The van der Waals surface area contributed by atoms with Gasteiger partial charge in [-0.15, -0.1) is 0 Å². The monoisotopic (exact) mass is 528 g/mol. The molecule has 3 N–H and O–H groups in total. The molecule has 7 nitrogen and oxygen atoms in total. The van der Waals surface area contributed by atoms with E-state index in [4.69, 9.17) is 0 Å². The lowest BCUT2D eigenvalue weighted by Gasteiger charge is -2.11. The third kappa shape index (κ3) is 4.34. The number of para-hydroxylation sites is 1. The first-order chi connectivity index (χ1) is 15.0. The Morgan fingerprint density at radius 1 is 1.16 bits per heavy atom. The van der Waals surface area contributed by atoms with Crippen LogP contribution in [0, 0.1) is 3.57 Å². The predicted octanol–water partition coefficient (Wildman–Crippen LogP) is 3.76. The number of hydrogen-bond acceptors (Lipinski definition) is 4. The van der Waals surface area contributed by atoms with Crippen LogP contribution in [0.3, 0.4) is 0 Å². The fourth-order valence-corrected chi connectivity index (χ4v) is 3.88. The lowest BCUT2D eigenvalue weighted by Crippen LogP contribution is -2.31. The number of halogens is 1. The van der Waals surface area contributed by atoms with E-state index in [0.29, 0.717) is 12.1 Å². The van der Waals surface area contributed by atoms with Crippen molar-refractivity contribution in [1.82, 2.24) is 14.5 Å². The second-order valence-electron chi connectivity index (χ2n) is 7.21. The molecule has 158 valence electrons. The van der Waals surface area contributed by atoms with Crippen molar-refractivity contribution in [3.8, 4) is 11.6 Å². The van der Waals surface area contributed by atoms with E-state index < -0.39 is 17.1 Å². The van der Waals surface area contributed by atoms with Gasteiger partial charge in [0.2, 0.25) is 5.88 Å². The van der Waals surface area contributed by atoms with Crippen LogP contribution in [0.2, 0.25) is 0 Å². The average Bonchev–Trinajstić information content (AvgIpc) is 3.16. The van der Waals surface area contributed by atoms with Crippen LogP contribution < -0.4 is 11.2 Å². The highest BCUT2D eigenvalue weighted by atomic mass is 127. The molecule has 2 aromatic carbocycles. The van der Waals surface area contributed by atoms with E-state index in [2.05, 4.69) is 43.6 Å². The van der Waals surface area contributed by atoms with Gasteiger partial charge in [-0.05, 0) is 71.3 Å². The van der Waals surface area contributed by atoms with Gasteiger partial charge in [-0.3, -0.25) is 14.8 Å². The van der Waals surface area contributed by atoms with Gasteiger partial charge in [-0.1, -0.05) is 25.1 Å². The summed E-state index contributed by atoms with van der Waals surface area (Å²) in [6, 6.07) is 15.0. The van der Waals surface area contributed by atoms with Crippen molar-refractivity contribution in [3.05, 3.63) is 90.3 Å². The van der Waals surface area contributed by atoms with Crippen molar-refractivity contribution in [1.29, 1.82) is 0 Å². The zero-order valence-electron chi connectivity index (χ0n) is 16.8. The van der Waals surface area contributed by atoms with Crippen LogP contribution in [-0.4, -0.2) is 31.9 Å². The fourth-order valence-electron chi connectivity index (χ4n) is 3.52. The Labute approximate surface area is 191 Å². The molecule has 0 aliphatic carbocycles. The molecule has 0 bridgehead atoms. The molecule has 0 radical (unpaired) electrons. The van der Waals surface area contributed by atoms with Crippen molar-refractivity contribution in [3.63, 3.8) is 0 Å². The van der Waals surface area contributed by atoms with Gasteiger partial charge in [0.1, 0.15) is 5.56 Å². The third-order valence-corrected chi connectivity index (χ3v) is 5.94. The summed E-state index contributed by atoms with van der Waals surface area (Å²) >= 11 is 2.15. The third-order valence-electron chi connectivity index (χ3n) is 5.22. The summed E-state index contributed by atoms with van der Waals surface area (Å²) in [7, 11) is 0. The minimum absolute atomic E-state index is 0.0458. The predicted molar refractivity (Wildman–Crippen MR) is 131 cm³/mol. The largest absolute Gasteiger partial charge is 0.493 e. The highest BCUT2D eigenvalue weighted by Gasteiger charge is 2.15. The van der Waals surface area contributed by atoms with Gasteiger partial charge >= 0.3 is 5.69 Å². The quantitative estimate of drug-likeness (QED) is 0.262. The number of aromatic amines is 2. The molecular formula is C23H21IN4O3. The zero-order chi connectivity index (χ0) is 22.0. The number of nitrogens with one attached hydrogen (secondary N) is 2. The maximum absolute atomic E-state index is 12.4. The molecule has 0 aliphatic rings. The van der Waals surface area contributed by atoms with E-state index >= 15 is 0 Å². The van der Waals surface area contributed by atoms with E-state index in [1.54, 1.807) is 12.1 Å². The van der Waals surface area contributed by atoms with Crippen LogP contribution in [-0.2, 0) is 6.42 Å². The topological polar surface area (TPSA) is 103 Å². The Morgan fingerprint density at radius 3 is 2.65 bits per heavy atom. The summed E-state index contributed by atoms with van der Waals surface area (Å²) in [4.78, 5) is 34.8. The maximum Gasteiger partial charge on any atom is 0.335 e. The van der Waals surface area contributed by atoms with Crippen LogP contribution >= 0.6 is 22.6 Å². The summed E-state index contributed by atoms with van der Waals surface area (Å²) in [5.74, 6) is -0.430. The molecule has 0 saturated heterocycles. The molecule has 31 heavy (non-hydrogen) atoms. The van der Waals surface area contributed by atoms with Crippen molar-refractivity contribution < 1.29 is 5.11 Å². The number of H-pyrrole nitrogens is 2. The molecule has 2 aromatic heterocycles. The van der Waals surface area contributed by atoms with Gasteiger partial charge in [0, 0.05) is 26.9 Å². The van der Waals surface area contributed by atoms with Crippen molar-refractivity contribution in [2.45, 2.75) is 25.8 Å². The van der Waals surface area contributed by atoms with Gasteiger partial charge in [0.25, 0.3) is 5.56 Å². The molecule has 1 atom stereocenters. The Morgan fingerprint density at radius 2 is 1.90 bits per heavy atom. The lowest BCUT2D eigenvalue weighted by atomic mass is 10.0. The Kier molecular flexibility index (Phi) is 6.08. The molecule has 0 saturated carbocycles. The van der Waals surface area contributed by atoms with Crippen LogP contribution in [0.25, 0.3) is 16.6 Å². The zero-order valence-corrected chi connectivity index (χ0v) is 19.0. The first kappa shape index (κ1) is 21.1. The summed E-state index contributed by atoms with van der Waals surface area (Å²) in [5.41, 5.74) is 1.24. The summed E-state index contributed by atoms with van der Waals surface area (Å²) < 4.78 is 2.06. The molecule has 0 aliphatic heterocycles. The number of aliphatic imine (C=N–C) groups is 1. The highest BCUT2D eigenvalue weighted by Crippen LogP contribution is 2.21. The Bertz CT molecular complexity index is 1370. The lowest BCUT2D eigenvalue weighted by molar-refractivity contribution is 0.430. The smallest absolute Gasteiger partial charge is 0.335 e. The van der Waals surface area contributed by atoms with E-state index in [1.165, 1.54) is 6.21 Å². The number of fused-ring (bicyclic) bond motifs is 1. The molecule has 0 fully saturated rings. The van der Waals surface area contributed by atoms with Crippen molar-refractivity contribution in [2.75, 3.05) is 0 Å². The minimum atomic E-state index is -0.702. The number of nitrogens with zero attached hydrogens (tertiary/aromatic N) is 2. The van der Waals surface area contributed by atoms with Crippen LogP contribution in [0.5, 0.6) is 5.88 Å². The van der Waals surface area contributed by atoms with E-state index in [0.717, 1.165) is 31.0 Å². The van der Waals surface area contributed by atoms with Crippen molar-refractivity contribution in [2.24, 2.45) is 4.99 Å². The average molecular weight is 528 g/mol. The number of rotatable bonds is 6. The van der Waals surface area contributed by atoms with Gasteiger partial charge in [-0.2, -0.15) is 0 Å². The van der Waals surface area contributed by atoms with E-state index in [1.807, 2.05) is 43.5 Å². The van der Waals surface area contributed by atoms with Crippen LogP contribution in [0.4, 0.5) is 0 Å². The Hall–Kier alpha value is -3.14. The molecule has 4 rings (SSSR count). The molecule has 8 heteroatoms. The summed E-state index contributed by atoms with van der Waals surface area (Å²) in [6.07, 6.45) is 4.78. The summed E-state index contributed by atoms with van der Waals surface area (Å²) in [6.45, 7) is 2.02. The normalized spacial score (nSPS) is 12.6. The fraction of sp³-hybridized carbons (Fsp3) is 0.174. The first-order valence-corrected chi connectivity index (χ1v) is 11.0. The molecule has 0 spiro atoms. The molecule has 4 aromatic rings. The standard InChI is InChI=1S/C23H21IN4O3/c1-2-16(11-14-12-26-20-6-4-3-5-18(14)20)25-13-19-21(29)27-23(31)28(22(19)30)17-9-7-15(24)8-10-17/h3-10,12-13,16,26,30H,2,11H2,1H3,(H,27,29,31). The maximum atomic E-state index is 12.4. The van der Waals surface area contributed by atoms with Gasteiger partial charge in [-0.25, -0.2) is 9.36 Å². The number of aromatic nitrogens is 3. The summed E-state index contributed by atoms with van der Waals surface area (Å²) in [5, 5.41) is 11.8.